The van der Waals surface area contributed by atoms with E-state index in [2.05, 4.69) is 0 Å². The quantitative estimate of drug-likeness (QED) is 0.472. The number of rotatable bonds is 3. The first-order valence-electron chi connectivity index (χ1n) is 4.09. The monoisotopic (exact) mass is 257 g/mol. The molecule has 78 valence electrons. The molecule has 15 heavy (non-hydrogen) atoms. The third-order valence-electron chi connectivity index (χ3n) is 1.80. The van der Waals surface area contributed by atoms with Gasteiger partial charge in [0.2, 0.25) is 0 Å². The summed E-state index contributed by atoms with van der Waals surface area (Å²) in [5.74, 6) is 0. The van der Waals surface area contributed by atoms with Crippen LogP contribution in [0, 0.1) is 10.1 Å². The second-order valence-electron chi connectivity index (χ2n) is 2.72. The van der Waals surface area contributed by atoms with Crippen molar-refractivity contribution in [2.45, 2.75) is 4.21 Å². The van der Waals surface area contributed by atoms with Gasteiger partial charge in [0.1, 0.15) is 0 Å². The van der Waals surface area contributed by atoms with Gasteiger partial charge in [0.05, 0.1) is 14.0 Å². The Hall–Kier alpha value is -0.850. The maximum Gasteiger partial charge on any atom is 0.324 e. The molecule has 3 nitrogen and oxygen atoms in total. The molecule has 0 N–H and O–H groups in total. The van der Waals surface area contributed by atoms with E-state index in [1.807, 2.05) is 18.4 Å². The van der Waals surface area contributed by atoms with Crippen molar-refractivity contribution >= 4 is 39.4 Å². The number of thioether (sulfide) groups is 1. The summed E-state index contributed by atoms with van der Waals surface area (Å²) in [5, 5.41) is 10.7. The van der Waals surface area contributed by atoms with E-state index < -0.39 is 0 Å². The Kier molecular flexibility index (Phi) is 3.08. The molecule has 2 rings (SSSR count). The lowest BCUT2D eigenvalue weighted by atomic mass is 10.4. The van der Waals surface area contributed by atoms with Crippen molar-refractivity contribution in [3.05, 3.63) is 34.4 Å². The average molecular weight is 257 g/mol. The van der Waals surface area contributed by atoms with E-state index in [4.69, 9.17) is 0 Å². The van der Waals surface area contributed by atoms with Crippen molar-refractivity contribution < 1.29 is 4.92 Å². The van der Waals surface area contributed by atoms with Crippen molar-refractivity contribution in [2.24, 2.45) is 0 Å². The number of thiophene rings is 2. The number of nitro groups is 1. The highest BCUT2D eigenvalue weighted by molar-refractivity contribution is 8.00. The number of nitrogens with zero attached hydrogens (tertiary/aromatic N) is 1. The Morgan fingerprint density at radius 2 is 1.87 bits per heavy atom. The van der Waals surface area contributed by atoms with Gasteiger partial charge in [0.25, 0.3) is 0 Å². The first kappa shape index (κ1) is 10.7. The van der Waals surface area contributed by atoms with E-state index >= 15 is 0 Å². The molecule has 0 bridgehead atoms. The second-order valence-corrected chi connectivity index (χ2v) is 5.97. The predicted molar refractivity (Wildman–Crippen MR) is 66.1 cm³/mol. The van der Waals surface area contributed by atoms with E-state index in [1.165, 1.54) is 15.5 Å². The first-order chi connectivity index (χ1) is 7.20. The lowest BCUT2D eigenvalue weighted by molar-refractivity contribution is -0.380. The molecule has 6 heteroatoms. The highest BCUT2D eigenvalue weighted by Gasteiger charge is 2.12. The predicted octanol–water partition coefficient (Wildman–Crippen LogP) is 4.11. The lowest BCUT2D eigenvalue weighted by Crippen LogP contribution is -1.80. The minimum absolute atomic E-state index is 0.198. The molecule has 0 aliphatic carbocycles. The van der Waals surface area contributed by atoms with Crippen LogP contribution in [-0.2, 0) is 0 Å². The molecule has 0 atom stereocenters. The van der Waals surface area contributed by atoms with Gasteiger partial charge in [0.15, 0.2) is 0 Å². The highest BCUT2D eigenvalue weighted by Crippen LogP contribution is 2.38. The molecule has 0 radical (unpaired) electrons. The molecule has 2 aromatic heterocycles. The Balaban J connectivity index is 2.32. The van der Waals surface area contributed by atoms with Crippen LogP contribution >= 0.6 is 34.4 Å². The van der Waals surface area contributed by atoms with Gasteiger partial charge in [-0.1, -0.05) is 11.3 Å². The molecule has 2 heterocycles. The summed E-state index contributed by atoms with van der Waals surface area (Å²) in [7, 11) is 0. The van der Waals surface area contributed by atoms with E-state index in [0.29, 0.717) is 0 Å². The third-order valence-corrected chi connectivity index (χ3v) is 5.20. The first-order valence-corrected chi connectivity index (χ1v) is 6.95. The fraction of sp³-hybridized carbons (Fsp3) is 0.111. The summed E-state index contributed by atoms with van der Waals surface area (Å²) in [6.07, 6.45) is 2.02. The zero-order chi connectivity index (χ0) is 10.8. The maximum absolute atomic E-state index is 10.5. The fourth-order valence-electron chi connectivity index (χ4n) is 1.12. The molecular formula is C9H7NO2S3. The van der Waals surface area contributed by atoms with Crippen molar-refractivity contribution in [3.63, 3.8) is 0 Å². The maximum atomic E-state index is 10.5. The summed E-state index contributed by atoms with van der Waals surface area (Å²) in [6.45, 7) is 0. The molecule has 0 aliphatic heterocycles. The van der Waals surface area contributed by atoms with E-state index in [-0.39, 0.29) is 9.92 Å². The van der Waals surface area contributed by atoms with Crippen LogP contribution in [0.1, 0.15) is 0 Å². The van der Waals surface area contributed by atoms with Crippen LogP contribution in [0.5, 0.6) is 0 Å². The second kappa shape index (κ2) is 4.34. The molecule has 0 saturated carbocycles. The average Bonchev–Trinajstić information content (AvgIpc) is 2.86. The number of hydrogen-bond donors (Lipinski definition) is 0. The van der Waals surface area contributed by atoms with Gasteiger partial charge in [0, 0.05) is 10.9 Å². The van der Waals surface area contributed by atoms with Gasteiger partial charge in [-0.15, -0.1) is 23.1 Å². The minimum atomic E-state index is -0.350. The Bertz CT molecular complexity index is 489. The van der Waals surface area contributed by atoms with Crippen molar-refractivity contribution in [3.8, 4) is 9.75 Å². The van der Waals surface area contributed by atoms with E-state index in [9.17, 15) is 10.1 Å². The van der Waals surface area contributed by atoms with Gasteiger partial charge in [-0.25, -0.2) is 0 Å². The van der Waals surface area contributed by atoms with Crippen LogP contribution in [0.4, 0.5) is 5.00 Å². The van der Waals surface area contributed by atoms with Crippen molar-refractivity contribution in [2.75, 3.05) is 6.26 Å². The van der Waals surface area contributed by atoms with Gasteiger partial charge in [-0.05, 0) is 24.5 Å². The molecule has 0 saturated heterocycles. The topological polar surface area (TPSA) is 43.1 Å². The highest BCUT2D eigenvalue weighted by atomic mass is 32.2. The summed E-state index contributed by atoms with van der Waals surface area (Å²) < 4.78 is 1.22. The summed E-state index contributed by atoms with van der Waals surface area (Å²) in [6, 6.07) is 7.40. The molecular weight excluding hydrogens is 250 g/mol. The summed E-state index contributed by atoms with van der Waals surface area (Å²) >= 11 is 4.57. The molecule has 2 aromatic rings. The van der Waals surface area contributed by atoms with Gasteiger partial charge in [-0.2, -0.15) is 0 Å². The largest absolute Gasteiger partial charge is 0.324 e. The SMILES string of the molecule is CSc1ccc(-c2ccc([N+](=O)[O-])s2)s1. The van der Waals surface area contributed by atoms with Crippen LogP contribution in [0.25, 0.3) is 9.75 Å². The fourth-order valence-corrected chi connectivity index (χ4v) is 3.58. The third kappa shape index (κ3) is 2.22. The van der Waals surface area contributed by atoms with Crippen LogP contribution in [0.15, 0.2) is 28.5 Å². The van der Waals surface area contributed by atoms with E-state index in [1.54, 1.807) is 35.2 Å². The zero-order valence-corrected chi connectivity index (χ0v) is 10.2. The van der Waals surface area contributed by atoms with E-state index in [0.717, 1.165) is 9.75 Å². The van der Waals surface area contributed by atoms with Gasteiger partial charge < -0.3 is 0 Å². The van der Waals surface area contributed by atoms with Gasteiger partial charge >= 0.3 is 5.00 Å². The Morgan fingerprint density at radius 1 is 1.20 bits per heavy atom. The van der Waals surface area contributed by atoms with Crippen LogP contribution in [0.3, 0.4) is 0 Å². The molecule has 0 spiro atoms. The van der Waals surface area contributed by atoms with Crippen molar-refractivity contribution in [1.82, 2.24) is 0 Å². The number of hydrogen-bond acceptors (Lipinski definition) is 5. The summed E-state index contributed by atoms with van der Waals surface area (Å²) in [4.78, 5) is 12.2. The molecule has 0 aromatic carbocycles. The molecule has 0 aliphatic rings. The lowest BCUT2D eigenvalue weighted by Gasteiger charge is -1.87. The van der Waals surface area contributed by atoms with Gasteiger partial charge in [-0.3, -0.25) is 10.1 Å². The Labute approximate surface area is 98.9 Å². The standard InChI is InChI=1S/C9H7NO2S3/c1-13-9-5-3-7(15-9)6-2-4-8(14-6)10(11)12/h2-5H,1H3. The smallest absolute Gasteiger partial charge is 0.258 e. The minimum Gasteiger partial charge on any atom is -0.258 e. The normalized spacial score (nSPS) is 10.5. The molecule has 0 unspecified atom stereocenters. The Morgan fingerprint density at radius 3 is 2.40 bits per heavy atom. The van der Waals surface area contributed by atoms with Crippen LogP contribution in [-0.4, -0.2) is 11.2 Å². The van der Waals surface area contributed by atoms with Crippen LogP contribution < -0.4 is 0 Å². The van der Waals surface area contributed by atoms with Crippen molar-refractivity contribution in [1.29, 1.82) is 0 Å². The molecule has 0 amide bonds. The van der Waals surface area contributed by atoms with Crippen LogP contribution in [0.2, 0.25) is 0 Å². The molecule has 0 fully saturated rings. The zero-order valence-electron chi connectivity index (χ0n) is 7.80. The summed E-state index contributed by atoms with van der Waals surface area (Å²) in [5.41, 5.74) is 0.